The van der Waals surface area contributed by atoms with E-state index in [0.29, 0.717) is 26.4 Å². The molecule has 0 spiro atoms. The fraction of sp³-hybridized carbons (Fsp3) is 0.261. The number of fused-ring (bicyclic) bond motifs is 5. The van der Waals surface area contributed by atoms with E-state index in [4.69, 9.17) is 39.5 Å². The van der Waals surface area contributed by atoms with Crippen LogP contribution in [-0.2, 0) is 16.2 Å². The number of imide groups is 1. The summed E-state index contributed by atoms with van der Waals surface area (Å²) >= 11 is 18.3. The smallest absolute Gasteiger partial charge is 0.254 e. The molecule has 0 radical (unpaired) electrons. The van der Waals surface area contributed by atoms with E-state index in [2.05, 4.69) is 17.3 Å². The third-order valence-corrected chi connectivity index (χ3v) is 7.14. The monoisotopic (exact) mass is 474 g/mol. The summed E-state index contributed by atoms with van der Waals surface area (Å²) in [7, 11) is 0. The van der Waals surface area contributed by atoms with Gasteiger partial charge in [0.2, 0.25) is 0 Å². The minimum Gasteiger partial charge on any atom is -0.487 e. The highest BCUT2D eigenvalue weighted by Gasteiger charge is 2.59. The van der Waals surface area contributed by atoms with E-state index in [1.807, 2.05) is 6.07 Å². The van der Waals surface area contributed by atoms with Crippen molar-refractivity contribution < 1.29 is 14.3 Å². The molecule has 0 aromatic heterocycles. The Hall–Kier alpha value is -2.34. The molecule has 2 aromatic carbocycles. The number of carbonyl (C=O) groups excluding carboxylic acids is 2. The van der Waals surface area contributed by atoms with Gasteiger partial charge in [0.25, 0.3) is 11.8 Å². The SMILES string of the molecule is O=C1C2C3C=CC(C3)C2C(=O)N1N=Cc1ccc(OCc2ccc(Cl)c(Cl)c2)c(Cl)c1. The molecule has 0 N–H and O–H groups in total. The molecule has 1 heterocycles. The van der Waals surface area contributed by atoms with Gasteiger partial charge in [-0.3, -0.25) is 9.59 Å². The van der Waals surface area contributed by atoms with Gasteiger partial charge >= 0.3 is 0 Å². The maximum atomic E-state index is 12.7. The number of allylic oxidation sites excluding steroid dienone is 2. The first-order valence-electron chi connectivity index (χ1n) is 9.89. The first kappa shape index (κ1) is 20.6. The van der Waals surface area contributed by atoms with Gasteiger partial charge in [-0.1, -0.05) is 53.0 Å². The molecule has 3 aliphatic rings. The van der Waals surface area contributed by atoms with Gasteiger partial charge in [-0.25, -0.2) is 0 Å². The Morgan fingerprint density at radius 2 is 1.65 bits per heavy atom. The fourth-order valence-electron chi connectivity index (χ4n) is 4.63. The lowest BCUT2D eigenvalue weighted by Gasteiger charge is -2.13. The Balaban J connectivity index is 1.26. The number of hydrazone groups is 1. The molecule has 2 aliphatic carbocycles. The minimum atomic E-state index is -0.264. The number of hydrogen-bond acceptors (Lipinski definition) is 4. The van der Waals surface area contributed by atoms with Gasteiger partial charge in [-0.05, 0) is 59.7 Å². The van der Waals surface area contributed by atoms with Crippen molar-refractivity contribution in [1.82, 2.24) is 5.01 Å². The van der Waals surface area contributed by atoms with Gasteiger partial charge in [-0.2, -0.15) is 10.1 Å². The summed E-state index contributed by atoms with van der Waals surface area (Å²) in [6.45, 7) is 0.278. The molecular weight excluding hydrogens is 459 g/mol. The van der Waals surface area contributed by atoms with E-state index in [0.717, 1.165) is 17.0 Å². The van der Waals surface area contributed by atoms with Crippen LogP contribution >= 0.6 is 34.8 Å². The van der Waals surface area contributed by atoms with Crippen LogP contribution in [0.25, 0.3) is 0 Å². The number of amides is 2. The van der Waals surface area contributed by atoms with E-state index in [-0.39, 0.29) is 42.1 Å². The highest BCUT2D eigenvalue weighted by atomic mass is 35.5. The van der Waals surface area contributed by atoms with Crippen molar-refractivity contribution in [3.63, 3.8) is 0 Å². The third-order valence-electron chi connectivity index (χ3n) is 6.10. The molecule has 2 aromatic rings. The Bertz CT molecular complexity index is 1120. The molecule has 158 valence electrons. The van der Waals surface area contributed by atoms with Gasteiger partial charge in [0.05, 0.1) is 33.1 Å². The zero-order valence-corrected chi connectivity index (χ0v) is 18.4. The fourth-order valence-corrected chi connectivity index (χ4v) is 5.19. The first-order chi connectivity index (χ1) is 14.9. The first-order valence-corrected chi connectivity index (χ1v) is 11.0. The summed E-state index contributed by atoms with van der Waals surface area (Å²) in [4.78, 5) is 25.4. The van der Waals surface area contributed by atoms with Crippen molar-refractivity contribution >= 4 is 52.8 Å². The van der Waals surface area contributed by atoms with Crippen molar-refractivity contribution in [3.8, 4) is 5.75 Å². The molecule has 31 heavy (non-hydrogen) atoms. The Kier molecular flexibility index (Phi) is 5.29. The largest absolute Gasteiger partial charge is 0.487 e. The molecule has 5 rings (SSSR count). The zero-order chi connectivity index (χ0) is 21.7. The standard InChI is InChI=1S/C23H17Cl3N2O3/c24-16-5-1-13(8-17(16)25)11-31-19-6-2-12(7-18(19)26)10-27-28-22(29)20-14-3-4-15(9-14)21(20)23(28)30/h1-8,10,14-15,20-21H,9,11H2. The van der Waals surface area contributed by atoms with Crippen molar-refractivity contribution in [2.45, 2.75) is 13.0 Å². The molecule has 2 fully saturated rings. The number of benzene rings is 2. The highest BCUT2D eigenvalue weighted by molar-refractivity contribution is 6.42. The van der Waals surface area contributed by atoms with Crippen LogP contribution < -0.4 is 4.74 Å². The molecular formula is C23H17Cl3N2O3. The average molecular weight is 476 g/mol. The molecule has 2 amide bonds. The summed E-state index contributed by atoms with van der Waals surface area (Å²) in [6, 6.07) is 10.4. The summed E-state index contributed by atoms with van der Waals surface area (Å²) in [6.07, 6.45) is 6.48. The number of halogens is 3. The van der Waals surface area contributed by atoms with Crippen LogP contribution in [0.3, 0.4) is 0 Å². The number of carbonyl (C=O) groups is 2. The highest BCUT2D eigenvalue weighted by Crippen LogP contribution is 2.52. The van der Waals surface area contributed by atoms with E-state index in [9.17, 15) is 9.59 Å². The number of rotatable bonds is 5. The van der Waals surface area contributed by atoms with E-state index < -0.39 is 0 Å². The molecule has 1 saturated heterocycles. The predicted octanol–water partition coefficient (Wildman–Crippen LogP) is 5.37. The summed E-state index contributed by atoms with van der Waals surface area (Å²) < 4.78 is 5.76. The van der Waals surface area contributed by atoms with Gasteiger partial charge in [0.1, 0.15) is 12.4 Å². The van der Waals surface area contributed by atoms with Gasteiger partial charge in [0, 0.05) is 0 Å². The Morgan fingerprint density at radius 1 is 0.935 bits per heavy atom. The third kappa shape index (κ3) is 3.65. The molecule has 1 saturated carbocycles. The van der Waals surface area contributed by atoms with Crippen molar-refractivity contribution in [2.75, 3.05) is 0 Å². The molecule has 5 nitrogen and oxygen atoms in total. The average Bonchev–Trinajstić information content (AvgIpc) is 3.43. The molecule has 2 bridgehead atoms. The van der Waals surface area contributed by atoms with Crippen LogP contribution in [0.1, 0.15) is 17.5 Å². The molecule has 4 atom stereocenters. The van der Waals surface area contributed by atoms with Gasteiger partial charge < -0.3 is 4.74 Å². The molecule has 1 aliphatic heterocycles. The quantitative estimate of drug-likeness (QED) is 0.332. The van der Waals surface area contributed by atoms with Crippen molar-refractivity contribution in [3.05, 3.63) is 74.7 Å². The van der Waals surface area contributed by atoms with Crippen molar-refractivity contribution in [2.24, 2.45) is 28.8 Å². The van der Waals surface area contributed by atoms with Crippen LogP contribution in [0.4, 0.5) is 0 Å². The second kappa shape index (κ2) is 7.97. The lowest BCUT2D eigenvalue weighted by atomic mass is 9.85. The minimum absolute atomic E-state index is 0.160. The van der Waals surface area contributed by atoms with E-state index >= 15 is 0 Å². The lowest BCUT2D eigenvalue weighted by Crippen LogP contribution is -2.28. The van der Waals surface area contributed by atoms with Gasteiger partial charge in [0.15, 0.2) is 0 Å². The zero-order valence-electron chi connectivity index (χ0n) is 16.2. The summed E-state index contributed by atoms with van der Waals surface area (Å²) in [5.74, 6) is -0.135. The Morgan fingerprint density at radius 3 is 2.29 bits per heavy atom. The lowest BCUT2D eigenvalue weighted by molar-refractivity contribution is -0.140. The van der Waals surface area contributed by atoms with Crippen LogP contribution in [0.15, 0.2) is 53.7 Å². The second-order valence-electron chi connectivity index (χ2n) is 7.96. The van der Waals surface area contributed by atoms with Crippen LogP contribution in [-0.4, -0.2) is 23.0 Å². The number of ether oxygens (including phenoxy) is 1. The molecule has 8 heteroatoms. The maximum Gasteiger partial charge on any atom is 0.254 e. The summed E-state index contributed by atoms with van der Waals surface area (Å²) in [5.41, 5.74) is 1.52. The number of hydrogen-bond donors (Lipinski definition) is 0. The van der Waals surface area contributed by atoms with Crippen LogP contribution in [0.5, 0.6) is 5.75 Å². The second-order valence-corrected chi connectivity index (χ2v) is 9.18. The summed E-state index contributed by atoms with van der Waals surface area (Å²) in [5, 5.41) is 6.52. The Labute approximate surface area is 194 Å². The number of nitrogens with zero attached hydrogens (tertiary/aromatic N) is 2. The topological polar surface area (TPSA) is 59.0 Å². The van der Waals surface area contributed by atoms with E-state index in [1.54, 1.807) is 30.3 Å². The van der Waals surface area contributed by atoms with E-state index in [1.165, 1.54) is 6.21 Å². The maximum absolute atomic E-state index is 12.7. The van der Waals surface area contributed by atoms with Crippen molar-refractivity contribution in [1.29, 1.82) is 0 Å². The van der Waals surface area contributed by atoms with Crippen LogP contribution in [0, 0.1) is 23.7 Å². The molecule has 4 unspecified atom stereocenters. The predicted molar refractivity (Wildman–Crippen MR) is 119 cm³/mol. The normalized spacial score (nSPS) is 26.4. The van der Waals surface area contributed by atoms with Crippen LogP contribution in [0.2, 0.25) is 15.1 Å². The van der Waals surface area contributed by atoms with Gasteiger partial charge in [-0.15, -0.1) is 0 Å².